The van der Waals surface area contributed by atoms with Gasteiger partial charge in [-0.1, -0.05) is 153 Å². The number of nitrogens with zero attached hydrogens (tertiary/aromatic N) is 3. The molecule has 71 heavy (non-hydrogen) atoms. The van der Waals surface area contributed by atoms with Gasteiger partial charge < -0.3 is 23.5 Å². The summed E-state index contributed by atoms with van der Waals surface area (Å²) in [6.07, 6.45) is 0. The number of hydrogen-bond donors (Lipinski definition) is 0. The van der Waals surface area contributed by atoms with Crippen LogP contribution in [0.3, 0.4) is 0 Å². The number of hydrogen-bond acceptors (Lipinski definition) is 5. The van der Waals surface area contributed by atoms with E-state index in [-0.39, 0.29) is 22.1 Å². The molecule has 0 amide bonds. The zero-order valence-electron chi connectivity index (χ0n) is 41.9. The van der Waals surface area contributed by atoms with E-state index in [0.717, 1.165) is 89.8 Å². The van der Waals surface area contributed by atoms with Gasteiger partial charge in [0.05, 0.1) is 22.7 Å². The van der Waals surface area contributed by atoms with E-state index >= 15 is 4.39 Å². The Labute approximate surface area is 416 Å². The summed E-state index contributed by atoms with van der Waals surface area (Å²) in [6, 6.07) is 64.2. The topological polar surface area (TPSA) is 36.0 Å². The lowest BCUT2D eigenvalue weighted by Crippen LogP contribution is -2.60. The van der Waals surface area contributed by atoms with Crippen molar-refractivity contribution in [2.75, 3.05) is 14.7 Å². The summed E-state index contributed by atoms with van der Waals surface area (Å²) >= 11 is 0. The largest absolute Gasteiger partial charge is 0.468 e. The predicted octanol–water partition coefficient (Wildman–Crippen LogP) is 16.4. The average Bonchev–Trinajstić information content (AvgIpc) is 3.92. The molecule has 8 aromatic carbocycles. The number of benzene rings is 8. The van der Waals surface area contributed by atoms with E-state index in [2.05, 4.69) is 241 Å². The second-order valence-corrected chi connectivity index (χ2v) is 22.4. The molecule has 350 valence electrons. The van der Waals surface area contributed by atoms with Crippen LogP contribution in [0, 0.1) is 5.82 Å². The summed E-state index contributed by atoms with van der Waals surface area (Å²) in [5, 5.41) is 1.83. The van der Waals surface area contributed by atoms with Gasteiger partial charge >= 0.3 is 6.71 Å². The van der Waals surface area contributed by atoms with Crippen molar-refractivity contribution in [1.29, 1.82) is 0 Å². The van der Waals surface area contributed by atoms with Crippen LogP contribution in [0.4, 0.5) is 55.6 Å². The fourth-order valence-corrected chi connectivity index (χ4v) is 10.8. The first-order valence-electron chi connectivity index (χ1n) is 24.8. The molecule has 2 aliphatic heterocycles. The van der Waals surface area contributed by atoms with Gasteiger partial charge in [-0.05, 0) is 129 Å². The van der Waals surface area contributed by atoms with Gasteiger partial charge in [0.25, 0.3) is 0 Å². The van der Waals surface area contributed by atoms with Gasteiger partial charge in [0, 0.05) is 50.8 Å². The minimum atomic E-state index is -0.503. The van der Waals surface area contributed by atoms with Crippen LogP contribution in [0.1, 0.15) is 79.0 Å². The van der Waals surface area contributed by atoms with Crippen LogP contribution < -0.4 is 31.5 Å². The van der Waals surface area contributed by atoms with Crippen LogP contribution >= 0.6 is 0 Å². The van der Waals surface area contributed by atoms with E-state index in [4.69, 9.17) is 8.83 Å². The molecule has 0 unspecified atom stereocenters. The first-order valence-corrected chi connectivity index (χ1v) is 24.8. The molecule has 2 aromatic heterocycles. The molecule has 2 aliphatic rings. The first kappa shape index (κ1) is 44.4. The van der Waals surface area contributed by atoms with Gasteiger partial charge in [0.2, 0.25) is 0 Å². The van der Waals surface area contributed by atoms with Crippen molar-refractivity contribution in [3.05, 3.63) is 204 Å². The molecule has 0 saturated carbocycles. The molecule has 0 N–H and O–H groups in total. The molecule has 0 saturated heterocycles. The second-order valence-electron chi connectivity index (χ2n) is 22.4. The highest BCUT2D eigenvalue weighted by Crippen LogP contribution is 2.53. The van der Waals surface area contributed by atoms with E-state index < -0.39 is 6.71 Å². The highest BCUT2D eigenvalue weighted by molar-refractivity contribution is 6.99. The number of anilines is 9. The van der Waals surface area contributed by atoms with Crippen LogP contribution in [-0.4, -0.2) is 6.71 Å². The van der Waals surface area contributed by atoms with Crippen molar-refractivity contribution in [1.82, 2.24) is 0 Å². The fourth-order valence-electron chi connectivity index (χ4n) is 10.8. The SMILES string of the molecule is CC(C)(C)c1ccc(N2c3cc(N(c4ccccc4)c4ccccc4)cc4c3B(c3oc5cc(F)ccc5c32)c2oc3ccc(C(C)(C)C)cc3c2N4c2ccc(C(C)(C)C)cc2-c2ccccc2)cc1. The minimum absolute atomic E-state index is 0.0639. The van der Waals surface area contributed by atoms with Gasteiger partial charge in [0.1, 0.15) is 28.3 Å². The van der Waals surface area contributed by atoms with Crippen LogP contribution in [0.5, 0.6) is 0 Å². The lowest BCUT2D eigenvalue weighted by atomic mass is 9.37. The van der Waals surface area contributed by atoms with Crippen molar-refractivity contribution in [2.24, 2.45) is 0 Å². The Bertz CT molecular complexity index is 3630. The van der Waals surface area contributed by atoms with Crippen molar-refractivity contribution in [2.45, 2.75) is 78.6 Å². The van der Waals surface area contributed by atoms with Crippen LogP contribution in [-0.2, 0) is 16.2 Å². The van der Waals surface area contributed by atoms with Gasteiger partial charge in [-0.15, -0.1) is 0 Å². The van der Waals surface area contributed by atoms with Crippen molar-refractivity contribution in [3.8, 4) is 11.1 Å². The molecule has 5 nitrogen and oxygen atoms in total. The monoisotopic (exact) mass is 929 g/mol. The molecule has 0 spiro atoms. The van der Waals surface area contributed by atoms with Crippen LogP contribution in [0.15, 0.2) is 191 Å². The summed E-state index contributed by atoms with van der Waals surface area (Å²) in [7, 11) is 0. The zero-order chi connectivity index (χ0) is 49.1. The molecule has 0 fully saturated rings. The van der Waals surface area contributed by atoms with Gasteiger partial charge in [-0.2, -0.15) is 0 Å². The van der Waals surface area contributed by atoms with E-state index in [1.165, 1.54) is 22.8 Å². The molecule has 4 heterocycles. The second kappa shape index (κ2) is 16.1. The lowest BCUT2D eigenvalue weighted by Gasteiger charge is -2.42. The molecule has 0 atom stereocenters. The number of rotatable bonds is 6. The molecule has 10 aromatic rings. The normalized spacial score (nSPS) is 13.4. The Morgan fingerprint density at radius 2 is 0.958 bits per heavy atom. The number of furan rings is 2. The van der Waals surface area contributed by atoms with Gasteiger partial charge in [0.15, 0.2) is 0 Å². The highest BCUT2D eigenvalue weighted by atomic mass is 19.1. The Hall–Kier alpha value is -7.77. The van der Waals surface area contributed by atoms with Crippen LogP contribution in [0.25, 0.3) is 33.1 Å². The number of halogens is 1. The molecular formula is C64H57BFN3O2. The molecule has 12 rings (SSSR count). The maximum absolute atomic E-state index is 15.5. The Balaban J connectivity index is 1.27. The third-order valence-electron chi connectivity index (χ3n) is 14.5. The van der Waals surface area contributed by atoms with Crippen molar-refractivity contribution >= 4 is 96.6 Å². The Morgan fingerprint density at radius 1 is 0.437 bits per heavy atom. The van der Waals surface area contributed by atoms with Gasteiger partial charge in [-0.3, -0.25) is 0 Å². The van der Waals surface area contributed by atoms with E-state index in [1.807, 2.05) is 6.07 Å². The third kappa shape index (κ3) is 7.35. The Morgan fingerprint density at radius 3 is 1.56 bits per heavy atom. The molecule has 0 radical (unpaired) electrons. The summed E-state index contributed by atoms with van der Waals surface area (Å²) in [5.41, 5.74) is 18.1. The zero-order valence-corrected chi connectivity index (χ0v) is 41.9. The quantitative estimate of drug-likeness (QED) is 0.155. The van der Waals surface area contributed by atoms with Crippen LogP contribution in [0.2, 0.25) is 0 Å². The van der Waals surface area contributed by atoms with E-state index in [9.17, 15) is 0 Å². The predicted molar refractivity (Wildman–Crippen MR) is 296 cm³/mol. The lowest BCUT2D eigenvalue weighted by molar-refractivity contribution is 0.590. The first-order chi connectivity index (χ1) is 34.0. The standard InChI is InChI=1S/C64H57BFN3O2/c1-62(2,3)41-25-30-47(31-26-41)68-53-38-48(67(45-21-15-11-16-22-45)46-23-17-12-18-24-46)39-54-57(53)65(60-58(68)49-32-29-44(66)37-56(49)71-60)61-59(51-36-43(64(7,8)9)28-34-55(51)70-61)69(54)52-33-27-42(63(4,5)6)35-50(52)40-19-13-10-14-20-40/h10-39H,1-9H3. The molecule has 7 heteroatoms. The highest BCUT2D eigenvalue weighted by Gasteiger charge is 2.50. The summed E-state index contributed by atoms with van der Waals surface area (Å²) in [5.74, 6) is -0.354. The fraction of sp³-hybridized carbons (Fsp3) is 0.188. The summed E-state index contributed by atoms with van der Waals surface area (Å²) in [4.78, 5) is 7.18. The maximum atomic E-state index is 15.5. The maximum Gasteiger partial charge on any atom is 0.342 e. The molecule has 0 bridgehead atoms. The van der Waals surface area contributed by atoms with E-state index in [1.54, 1.807) is 6.07 Å². The number of para-hydroxylation sites is 2. The molecular weight excluding hydrogens is 873 g/mol. The number of fused-ring (bicyclic) bond motifs is 8. The van der Waals surface area contributed by atoms with Crippen molar-refractivity contribution < 1.29 is 13.2 Å². The summed E-state index contributed by atoms with van der Waals surface area (Å²) in [6.45, 7) is 19.8. The van der Waals surface area contributed by atoms with E-state index in [0.29, 0.717) is 11.2 Å². The molecule has 0 aliphatic carbocycles. The summed E-state index contributed by atoms with van der Waals surface area (Å²) < 4.78 is 30.0. The minimum Gasteiger partial charge on any atom is -0.468 e. The third-order valence-corrected chi connectivity index (χ3v) is 14.5. The van der Waals surface area contributed by atoms with Gasteiger partial charge in [-0.25, -0.2) is 4.39 Å². The van der Waals surface area contributed by atoms with Crippen molar-refractivity contribution in [3.63, 3.8) is 0 Å². The average molecular weight is 930 g/mol. The Kier molecular flexibility index (Phi) is 10.1. The smallest absolute Gasteiger partial charge is 0.342 e.